The first-order chi connectivity index (χ1) is 7.65. The highest BCUT2D eigenvalue weighted by atomic mass is 35.5. The van der Waals surface area contributed by atoms with Crippen LogP contribution in [0.15, 0.2) is 36.7 Å². The van der Waals surface area contributed by atoms with Crippen LogP contribution in [-0.4, -0.2) is 4.98 Å². The molecule has 0 aliphatic heterocycles. The maximum atomic E-state index is 5.85. The topological polar surface area (TPSA) is 48.1 Å². The maximum Gasteiger partial charge on any atom is 0.153 e. The highest BCUT2D eigenvalue weighted by Gasteiger charge is 2.03. The van der Waals surface area contributed by atoms with Crippen LogP contribution in [0.2, 0.25) is 10.0 Å². The molecule has 1 heterocycles. The van der Waals surface area contributed by atoms with Gasteiger partial charge in [0, 0.05) is 22.3 Å². The molecule has 1 aromatic carbocycles. The Hall–Kier alpha value is -1.45. The number of hydrogen-bond donors (Lipinski definition) is 1. The molecule has 2 aromatic rings. The second-order valence-corrected chi connectivity index (χ2v) is 3.99. The lowest BCUT2D eigenvalue weighted by Gasteiger charge is -2.08. The average Bonchev–Trinajstić information content (AvgIpc) is 2.20. The molecule has 0 aliphatic carbocycles. The summed E-state index contributed by atoms with van der Waals surface area (Å²) in [7, 11) is 0. The number of nitrogen functional groups attached to an aromatic ring is 1. The van der Waals surface area contributed by atoms with Crippen molar-refractivity contribution in [3.63, 3.8) is 0 Å². The van der Waals surface area contributed by atoms with Gasteiger partial charge in [0.1, 0.15) is 5.75 Å². The second-order valence-electron chi connectivity index (χ2n) is 3.12. The number of anilines is 1. The first kappa shape index (κ1) is 11.0. The highest BCUT2D eigenvalue weighted by Crippen LogP contribution is 2.30. The third kappa shape index (κ3) is 2.56. The zero-order chi connectivity index (χ0) is 11.5. The van der Waals surface area contributed by atoms with Crippen LogP contribution in [0.3, 0.4) is 0 Å². The summed E-state index contributed by atoms with van der Waals surface area (Å²) in [5, 5.41) is 1.02. The summed E-state index contributed by atoms with van der Waals surface area (Å²) in [6.45, 7) is 0. The van der Waals surface area contributed by atoms with Gasteiger partial charge in [-0.1, -0.05) is 23.2 Å². The van der Waals surface area contributed by atoms with E-state index in [1.165, 1.54) is 6.20 Å². The van der Waals surface area contributed by atoms with Gasteiger partial charge in [0.05, 0.1) is 11.9 Å². The van der Waals surface area contributed by atoms with Crippen molar-refractivity contribution in [2.75, 3.05) is 5.73 Å². The molecule has 2 rings (SSSR count). The lowest BCUT2D eigenvalue weighted by molar-refractivity contribution is 0.484. The number of aromatic nitrogens is 1. The van der Waals surface area contributed by atoms with E-state index in [-0.39, 0.29) is 0 Å². The van der Waals surface area contributed by atoms with Crippen LogP contribution in [0.4, 0.5) is 5.69 Å². The summed E-state index contributed by atoms with van der Waals surface area (Å²) < 4.78 is 5.54. The van der Waals surface area contributed by atoms with E-state index >= 15 is 0 Å². The Morgan fingerprint density at radius 1 is 1.12 bits per heavy atom. The summed E-state index contributed by atoms with van der Waals surface area (Å²) in [4.78, 5) is 3.86. The van der Waals surface area contributed by atoms with Crippen LogP contribution in [0.1, 0.15) is 0 Å². The largest absolute Gasteiger partial charge is 0.455 e. The summed E-state index contributed by atoms with van der Waals surface area (Å²) in [5.41, 5.74) is 6.15. The van der Waals surface area contributed by atoms with E-state index in [4.69, 9.17) is 33.7 Å². The first-order valence-corrected chi connectivity index (χ1v) is 5.24. The van der Waals surface area contributed by atoms with Crippen LogP contribution < -0.4 is 10.5 Å². The number of ether oxygens (including phenoxy) is 1. The van der Waals surface area contributed by atoms with E-state index in [1.807, 2.05) is 0 Å². The van der Waals surface area contributed by atoms with Crippen molar-refractivity contribution in [1.29, 1.82) is 0 Å². The zero-order valence-corrected chi connectivity index (χ0v) is 9.66. The molecular formula is C11H8Cl2N2O. The van der Waals surface area contributed by atoms with Crippen molar-refractivity contribution in [3.8, 4) is 11.5 Å². The lowest BCUT2D eigenvalue weighted by Crippen LogP contribution is -1.92. The first-order valence-electron chi connectivity index (χ1n) is 4.48. The van der Waals surface area contributed by atoms with Crippen LogP contribution in [-0.2, 0) is 0 Å². The summed E-state index contributed by atoms with van der Waals surface area (Å²) in [6.07, 6.45) is 3.11. The number of nitrogens with zero attached hydrogens (tertiary/aromatic N) is 1. The maximum absolute atomic E-state index is 5.85. The summed E-state index contributed by atoms with van der Waals surface area (Å²) >= 11 is 11.7. The van der Waals surface area contributed by atoms with Gasteiger partial charge in [0.2, 0.25) is 0 Å². The fraction of sp³-hybridized carbons (Fsp3) is 0. The molecule has 1 aromatic heterocycles. The van der Waals surface area contributed by atoms with Gasteiger partial charge < -0.3 is 10.5 Å². The summed E-state index contributed by atoms with van der Waals surface area (Å²) in [5.74, 6) is 1.06. The normalized spacial score (nSPS) is 10.1. The van der Waals surface area contributed by atoms with Gasteiger partial charge in [-0.3, -0.25) is 4.98 Å². The molecule has 2 N–H and O–H groups in total. The molecule has 82 valence electrons. The number of pyridine rings is 1. The molecular weight excluding hydrogens is 247 g/mol. The van der Waals surface area contributed by atoms with Crippen molar-refractivity contribution in [3.05, 3.63) is 46.7 Å². The molecule has 0 aliphatic rings. The number of hydrogen-bond acceptors (Lipinski definition) is 3. The number of rotatable bonds is 2. The fourth-order valence-electron chi connectivity index (χ4n) is 1.20. The lowest BCUT2D eigenvalue weighted by atomic mass is 10.3. The van der Waals surface area contributed by atoms with Gasteiger partial charge in [-0.15, -0.1) is 0 Å². The van der Waals surface area contributed by atoms with E-state index in [0.717, 1.165) is 0 Å². The van der Waals surface area contributed by atoms with Crippen molar-refractivity contribution in [2.24, 2.45) is 0 Å². The quantitative estimate of drug-likeness (QED) is 0.888. The highest BCUT2D eigenvalue weighted by molar-refractivity contribution is 6.34. The van der Waals surface area contributed by atoms with Gasteiger partial charge in [0.15, 0.2) is 5.75 Å². The molecule has 0 spiro atoms. The Kier molecular flexibility index (Phi) is 3.17. The molecule has 0 unspecified atom stereocenters. The molecule has 5 heteroatoms. The average molecular weight is 255 g/mol. The number of nitrogens with two attached hydrogens (primary N) is 1. The predicted octanol–water partition coefficient (Wildman–Crippen LogP) is 3.76. The third-order valence-corrected chi connectivity index (χ3v) is 2.31. The number of halogens is 2. The monoisotopic (exact) mass is 254 g/mol. The van der Waals surface area contributed by atoms with E-state index in [0.29, 0.717) is 27.2 Å². The minimum Gasteiger partial charge on any atom is -0.455 e. The Labute approximate surface area is 103 Å². The molecule has 0 bridgehead atoms. The molecule has 0 fully saturated rings. The smallest absolute Gasteiger partial charge is 0.153 e. The zero-order valence-electron chi connectivity index (χ0n) is 8.15. The minimum absolute atomic E-state index is 0.457. The van der Waals surface area contributed by atoms with Crippen molar-refractivity contribution < 1.29 is 4.74 Å². The Bertz CT molecular complexity index is 497. The molecule has 0 atom stereocenters. The SMILES string of the molecule is Nc1cnccc1Oc1cc(Cl)cc(Cl)c1. The minimum atomic E-state index is 0.457. The number of benzene rings is 1. The molecule has 0 amide bonds. The molecule has 16 heavy (non-hydrogen) atoms. The van der Waals surface area contributed by atoms with Gasteiger partial charge in [-0.05, 0) is 18.2 Å². The van der Waals surface area contributed by atoms with Gasteiger partial charge in [-0.25, -0.2) is 0 Å². The molecule has 0 saturated heterocycles. The van der Waals surface area contributed by atoms with Crippen molar-refractivity contribution in [2.45, 2.75) is 0 Å². The van der Waals surface area contributed by atoms with Gasteiger partial charge in [-0.2, -0.15) is 0 Å². The fourth-order valence-corrected chi connectivity index (χ4v) is 1.71. The van der Waals surface area contributed by atoms with Crippen LogP contribution in [0, 0.1) is 0 Å². The van der Waals surface area contributed by atoms with Gasteiger partial charge >= 0.3 is 0 Å². The third-order valence-electron chi connectivity index (χ3n) is 1.87. The summed E-state index contributed by atoms with van der Waals surface area (Å²) in [6, 6.07) is 6.62. The van der Waals surface area contributed by atoms with E-state index in [2.05, 4.69) is 4.98 Å². The molecule has 0 saturated carbocycles. The van der Waals surface area contributed by atoms with E-state index in [1.54, 1.807) is 30.5 Å². The van der Waals surface area contributed by atoms with Crippen LogP contribution in [0.5, 0.6) is 11.5 Å². The standard InChI is InChI=1S/C11H8Cl2N2O/c12-7-3-8(13)5-9(4-7)16-11-1-2-15-6-10(11)14/h1-6H,14H2. The van der Waals surface area contributed by atoms with Crippen molar-refractivity contribution in [1.82, 2.24) is 4.98 Å². The van der Waals surface area contributed by atoms with Crippen LogP contribution in [0.25, 0.3) is 0 Å². The predicted molar refractivity (Wildman–Crippen MR) is 65.2 cm³/mol. The Morgan fingerprint density at radius 2 is 1.81 bits per heavy atom. The van der Waals surface area contributed by atoms with Gasteiger partial charge in [0.25, 0.3) is 0 Å². The molecule has 0 radical (unpaired) electrons. The van der Waals surface area contributed by atoms with E-state index in [9.17, 15) is 0 Å². The molecule has 3 nitrogen and oxygen atoms in total. The Balaban J connectivity index is 2.30. The van der Waals surface area contributed by atoms with E-state index < -0.39 is 0 Å². The Morgan fingerprint density at radius 3 is 2.44 bits per heavy atom. The van der Waals surface area contributed by atoms with Crippen molar-refractivity contribution >= 4 is 28.9 Å². The van der Waals surface area contributed by atoms with Crippen LogP contribution >= 0.6 is 23.2 Å². The second kappa shape index (κ2) is 4.60.